The van der Waals surface area contributed by atoms with Crippen molar-refractivity contribution >= 4 is 21.6 Å². The molecule has 0 amide bonds. The van der Waals surface area contributed by atoms with E-state index >= 15 is 0 Å². The lowest BCUT2D eigenvalue weighted by atomic mass is 10.1. The zero-order valence-corrected chi connectivity index (χ0v) is 16.6. The molecule has 0 bridgehead atoms. The summed E-state index contributed by atoms with van der Waals surface area (Å²) in [6.07, 6.45) is 0. The van der Waals surface area contributed by atoms with E-state index in [0.717, 1.165) is 32.0 Å². The number of hydrogen-bond donors (Lipinski definition) is 2. The fourth-order valence-electron chi connectivity index (χ4n) is 2.87. The van der Waals surface area contributed by atoms with Crippen molar-refractivity contribution in [3.8, 4) is 33.8 Å². The van der Waals surface area contributed by atoms with Gasteiger partial charge in [0.05, 0.1) is 9.79 Å². The molecule has 0 aliphatic rings. The zero-order valence-electron chi connectivity index (χ0n) is 14.9. The Morgan fingerprint density at radius 1 is 0.429 bits per heavy atom. The average molecular weight is 403 g/mol. The first kappa shape index (κ1) is 18.5. The predicted octanol–water partition coefficient (Wildman–Crippen LogP) is 7.23. The van der Waals surface area contributed by atoms with Crippen LogP contribution in [0.5, 0.6) is 11.5 Å². The Kier molecular flexibility index (Phi) is 5.60. The molecule has 2 nitrogen and oxygen atoms in total. The van der Waals surface area contributed by atoms with E-state index in [0.29, 0.717) is 0 Å². The Morgan fingerprint density at radius 2 is 0.821 bits per heavy atom. The van der Waals surface area contributed by atoms with Gasteiger partial charge >= 0.3 is 0 Å². The number of phenols is 2. The first-order valence-corrected chi connectivity index (χ1v) is 11.0. The number of phenolic OH excluding ortho intramolecular Hbond substituents is 2. The van der Waals surface area contributed by atoms with Gasteiger partial charge in [-0.3, -0.25) is 0 Å². The molecule has 4 heteroatoms. The Hall–Kier alpha value is -2.82. The van der Waals surface area contributed by atoms with Gasteiger partial charge in [0.15, 0.2) is 0 Å². The van der Waals surface area contributed by atoms with Crippen LogP contribution in [0.1, 0.15) is 0 Å². The van der Waals surface area contributed by atoms with Crippen molar-refractivity contribution < 1.29 is 10.2 Å². The van der Waals surface area contributed by atoms with Crippen LogP contribution in [-0.2, 0) is 0 Å². The summed E-state index contributed by atoms with van der Waals surface area (Å²) in [5.41, 5.74) is 4.29. The van der Waals surface area contributed by atoms with Crippen molar-refractivity contribution in [1.29, 1.82) is 0 Å². The molecular weight excluding hydrogens is 384 g/mol. The van der Waals surface area contributed by atoms with Crippen LogP contribution < -0.4 is 0 Å². The van der Waals surface area contributed by atoms with Crippen LogP contribution in [0, 0.1) is 0 Å². The van der Waals surface area contributed by atoms with E-state index < -0.39 is 0 Å². The fraction of sp³-hybridized carbons (Fsp3) is 0. The molecule has 0 atom stereocenters. The molecule has 4 rings (SSSR count). The second kappa shape index (κ2) is 8.46. The van der Waals surface area contributed by atoms with Crippen molar-refractivity contribution in [1.82, 2.24) is 0 Å². The minimum atomic E-state index is 0.232. The summed E-state index contributed by atoms with van der Waals surface area (Å²) in [7, 11) is 2.87. The third-order valence-corrected chi connectivity index (χ3v) is 6.78. The van der Waals surface area contributed by atoms with Crippen molar-refractivity contribution in [3.63, 3.8) is 0 Å². The van der Waals surface area contributed by atoms with Gasteiger partial charge in [0.25, 0.3) is 0 Å². The van der Waals surface area contributed by atoms with Gasteiger partial charge in [-0.2, -0.15) is 0 Å². The van der Waals surface area contributed by atoms with E-state index in [-0.39, 0.29) is 11.5 Å². The highest BCUT2D eigenvalue weighted by molar-refractivity contribution is 8.76. The number of aromatic hydroxyl groups is 2. The zero-order chi connectivity index (χ0) is 19.3. The molecule has 0 spiro atoms. The molecule has 0 radical (unpaired) electrons. The molecule has 0 heterocycles. The van der Waals surface area contributed by atoms with E-state index in [1.807, 2.05) is 84.9 Å². The molecule has 0 saturated carbocycles. The highest BCUT2D eigenvalue weighted by atomic mass is 33.1. The maximum Gasteiger partial charge on any atom is 0.130 e. The van der Waals surface area contributed by atoms with Gasteiger partial charge in [0.2, 0.25) is 0 Å². The number of benzene rings is 4. The summed E-state index contributed by atoms with van der Waals surface area (Å²) in [6, 6.07) is 31.3. The molecule has 0 saturated heterocycles. The van der Waals surface area contributed by atoms with Crippen LogP contribution in [0.3, 0.4) is 0 Å². The Morgan fingerprint density at radius 3 is 1.21 bits per heavy atom. The van der Waals surface area contributed by atoms with E-state index in [1.165, 1.54) is 21.6 Å². The number of hydrogen-bond acceptors (Lipinski definition) is 4. The lowest BCUT2D eigenvalue weighted by molar-refractivity contribution is 0.462. The highest BCUT2D eigenvalue weighted by Gasteiger charge is 2.10. The summed E-state index contributed by atoms with van der Waals surface area (Å²) >= 11 is 0. The number of rotatable bonds is 5. The average Bonchev–Trinajstić information content (AvgIpc) is 2.75. The monoisotopic (exact) mass is 402 g/mol. The molecule has 0 aromatic heterocycles. The Bertz CT molecular complexity index is 991. The van der Waals surface area contributed by atoms with Gasteiger partial charge in [0, 0.05) is 0 Å². The molecule has 0 unspecified atom stereocenters. The van der Waals surface area contributed by atoms with E-state index in [4.69, 9.17) is 0 Å². The normalized spacial score (nSPS) is 10.7. The molecule has 0 aliphatic carbocycles. The van der Waals surface area contributed by atoms with E-state index in [9.17, 15) is 10.2 Å². The van der Waals surface area contributed by atoms with Gasteiger partial charge in [0.1, 0.15) is 11.5 Å². The van der Waals surface area contributed by atoms with Gasteiger partial charge in [-0.25, -0.2) is 0 Å². The lowest BCUT2D eigenvalue weighted by Gasteiger charge is -2.10. The maximum atomic E-state index is 10.3. The summed E-state index contributed by atoms with van der Waals surface area (Å²) in [4.78, 5) is 1.52. The second-order valence-corrected chi connectivity index (χ2v) is 8.48. The van der Waals surface area contributed by atoms with Crippen LogP contribution in [0.25, 0.3) is 22.3 Å². The van der Waals surface area contributed by atoms with Gasteiger partial charge < -0.3 is 10.2 Å². The van der Waals surface area contributed by atoms with Crippen LogP contribution in [0.4, 0.5) is 0 Å². The minimum absolute atomic E-state index is 0.232. The molecule has 138 valence electrons. The van der Waals surface area contributed by atoms with Crippen molar-refractivity contribution in [2.45, 2.75) is 9.79 Å². The van der Waals surface area contributed by atoms with E-state index in [1.54, 1.807) is 12.1 Å². The standard InChI is InChI=1S/C24H18O2S2/c25-21-13-11-19(17-7-3-1-4-8-17)15-23(21)27-28-24-16-20(12-14-22(24)26)18-9-5-2-6-10-18/h1-16,25-26H. The van der Waals surface area contributed by atoms with Crippen molar-refractivity contribution in [2.75, 3.05) is 0 Å². The molecule has 0 fully saturated rings. The van der Waals surface area contributed by atoms with Crippen molar-refractivity contribution in [2.24, 2.45) is 0 Å². The Balaban J connectivity index is 1.58. The first-order valence-electron chi connectivity index (χ1n) is 8.82. The molecule has 0 aliphatic heterocycles. The molecule has 28 heavy (non-hydrogen) atoms. The van der Waals surface area contributed by atoms with Crippen LogP contribution >= 0.6 is 21.6 Å². The van der Waals surface area contributed by atoms with Crippen LogP contribution in [0.2, 0.25) is 0 Å². The smallest absolute Gasteiger partial charge is 0.130 e. The van der Waals surface area contributed by atoms with Gasteiger partial charge in [-0.05, 0) is 68.1 Å². The third kappa shape index (κ3) is 4.19. The third-order valence-electron chi connectivity index (χ3n) is 4.36. The molecule has 2 N–H and O–H groups in total. The minimum Gasteiger partial charge on any atom is -0.507 e. The van der Waals surface area contributed by atoms with Crippen LogP contribution in [-0.4, -0.2) is 10.2 Å². The summed E-state index contributed by atoms with van der Waals surface area (Å²) in [6.45, 7) is 0. The largest absolute Gasteiger partial charge is 0.507 e. The van der Waals surface area contributed by atoms with Gasteiger partial charge in [-0.1, -0.05) is 72.8 Å². The van der Waals surface area contributed by atoms with E-state index in [2.05, 4.69) is 0 Å². The van der Waals surface area contributed by atoms with Crippen LogP contribution in [0.15, 0.2) is 107 Å². The maximum absolute atomic E-state index is 10.3. The SMILES string of the molecule is Oc1ccc(-c2ccccc2)cc1SSc1cc(-c2ccccc2)ccc1O. The highest BCUT2D eigenvalue weighted by Crippen LogP contribution is 2.46. The summed E-state index contributed by atoms with van der Waals surface area (Å²) in [5.74, 6) is 0.465. The van der Waals surface area contributed by atoms with Gasteiger partial charge in [-0.15, -0.1) is 0 Å². The van der Waals surface area contributed by atoms with Crippen molar-refractivity contribution in [3.05, 3.63) is 97.1 Å². The Labute approximate surface area is 172 Å². The topological polar surface area (TPSA) is 40.5 Å². The predicted molar refractivity (Wildman–Crippen MR) is 119 cm³/mol. The molecule has 4 aromatic rings. The molecule has 4 aromatic carbocycles. The molecular formula is C24H18O2S2. The summed E-state index contributed by atoms with van der Waals surface area (Å²) in [5, 5.41) is 20.5. The summed E-state index contributed by atoms with van der Waals surface area (Å²) < 4.78 is 0. The quantitative estimate of drug-likeness (QED) is 0.345. The second-order valence-electron chi connectivity index (χ2n) is 6.26. The fourth-order valence-corrected chi connectivity index (χ4v) is 5.05. The first-order chi connectivity index (χ1) is 13.7. The lowest BCUT2D eigenvalue weighted by Crippen LogP contribution is -1.81.